The maximum atomic E-state index is 13.5. The summed E-state index contributed by atoms with van der Waals surface area (Å²) in [6.07, 6.45) is 1.75. The fourth-order valence-electron chi connectivity index (χ4n) is 3.62. The number of fused-ring (bicyclic) bond motifs is 1. The molecule has 164 valence electrons. The lowest BCUT2D eigenvalue weighted by Crippen LogP contribution is -2.39. The summed E-state index contributed by atoms with van der Waals surface area (Å²) < 4.78 is 7.89. The largest absolute Gasteiger partial charge is 0.507 e. The summed E-state index contributed by atoms with van der Waals surface area (Å²) in [6.45, 7) is 5.73. The Morgan fingerprint density at radius 2 is 1.97 bits per heavy atom. The number of rotatable bonds is 4. The van der Waals surface area contributed by atoms with E-state index in [-0.39, 0.29) is 17.9 Å². The number of benzene rings is 2. The van der Waals surface area contributed by atoms with Gasteiger partial charge in [-0.1, -0.05) is 47.2 Å². The lowest BCUT2D eigenvalue weighted by atomic mass is 9.95. The molecule has 3 aromatic rings. The summed E-state index contributed by atoms with van der Waals surface area (Å²) >= 11 is 4.56. The van der Waals surface area contributed by atoms with Gasteiger partial charge in [-0.15, -0.1) is 0 Å². The molecular formula is C24H21BrN2O4S. The van der Waals surface area contributed by atoms with Gasteiger partial charge in [-0.3, -0.25) is 9.36 Å². The number of aromatic hydroxyl groups is 1. The Kier molecular flexibility index (Phi) is 6.17. The molecule has 0 fully saturated rings. The van der Waals surface area contributed by atoms with Crippen LogP contribution in [0.2, 0.25) is 0 Å². The van der Waals surface area contributed by atoms with Gasteiger partial charge in [0.1, 0.15) is 5.75 Å². The van der Waals surface area contributed by atoms with Crippen molar-refractivity contribution in [1.29, 1.82) is 0 Å². The number of halogens is 1. The molecule has 2 aromatic carbocycles. The highest BCUT2D eigenvalue weighted by Crippen LogP contribution is 2.31. The van der Waals surface area contributed by atoms with Crippen LogP contribution in [0.5, 0.6) is 5.75 Å². The van der Waals surface area contributed by atoms with Gasteiger partial charge in [0.2, 0.25) is 0 Å². The predicted molar refractivity (Wildman–Crippen MR) is 127 cm³/mol. The number of hydrogen-bond donors (Lipinski definition) is 1. The zero-order chi connectivity index (χ0) is 23.0. The first kappa shape index (κ1) is 22.2. The molecule has 0 spiro atoms. The number of carbonyl (C=O) groups excluding carboxylic acids is 1. The Morgan fingerprint density at radius 3 is 2.62 bits per heavy atom. The molecule has 1 aromatic heterocycles. The normalized spacial score (nSPS) is 16.0. The van der Waals surface area contributed by atoms with Crippen LogP contribution in [-0.2, 0) is 9.53 Å². The summed E-state index contributed by atoms with van der Waals surface area (Å²) in [5, 5.41) is 9.74. The molecule has 8 heteroatoms. The van der Waals surface area contributed by atoms with Crippen LogP contribution in [0, 0.1) is 6.92 Å². The molecule has 32 heavy (non-hydrogen) atoms. The molecule has 2 heterocycles. The van der Waals surface area contributed by atoms with Crippen molar-refractivity contribution in [3.8, 4) is 5.75 Å². The summed E-state index contributed by atoms with van der Waals surface area (Å²) in [6, 6.07) is 12.2. The molecule has 1 N–H and O–H groups in total. The van der Waals surface area contributed by atoms with Crippen LogP contribution in [0.4, 0.5) is 0 Å². The maximum absolute atomic E-state index is 13.5. The van der Waals surface area contributed by atoms with Crippen molar-refractivity contribution in [2.24, 2.45) is 4.99 Å². The first-order valence-corrected chi connectivity index (χ1v) is 11.7. The van der Waals surface area contributed by atoms with E-state index >= 15 is 0 Å². The van der Waals surface area contributed by atoms with Crippen LogP contribution < -0.4 is 14.9 Å². The zero-order valence-corrected chi connectivity index (χ0v) is 20.2. The van der Waals surface area contributed by atoms with Gasteiger partial charge < -0.3 is 9.84 Å². The molecule has 1 aliphatic heterocycles. The minimum atomic E-state index is -0.625. The van der Waals surface area contributed by atoms with Gasteiger partial charge in [0.05, 0.1) is 32.9 Å². The molecule has 0 radical (unpaired) electrons. The van der Waals surface area contributed by atoms with Crippen molar-refractivity contribution in [3.63, 3.8) is 0 Å². The number of hydrogen-bond acceptors (Lipinski definition) is 6. The summed E-state index contributed by atoms with van der Waals surface area (Å²) in [4.78, 5) is 31.5. The Balaban J connectivity index is 1.95. The van der Waals surface area contributed by atoms with E-state index in [1.807, 2.05) is 31.2 Å². The van der Waals surface area contributed by atoms with Crippen LogP contribution >= 0.6 is 27.3 Å². The van der Waals surface area contributed by atoms with Crippen LogP contribution in [0.25, 0.3) is 6.08 Å². The number of nitrogens with zero attached hydrogens (tertiary/aromatic N) is 2. The molecule has 4 rings (SSSR count). The smallest absolute Gasteiger partial charge is 0.338 e. The summed E-state index contributed by atoms with van der Waals surface area (Å²) in [5.74, 6) is -0.353. The van der Waals surface area contributed by atoms with E-state index in [1.165, 1.54) is 11.3 Å². The van der Waals surface area contributed by atoms with Crippen molar-refractivity contribution in [3.05, 3.63) is 94.6 Å². The number of aromatic nitrogens is 1. The second kappa shape index (κ2) is 8.88. The summed E-state index contributed by atoms with van der Waals surface area (Å²) in [5.41, 5.74) is 3.31. The average molecular weight is 513 g/mol. The lowest BCUT2D eigenvalue weighted by Gasteiger charge is -2.24. The highest BCUT2D eigenvalue weighted by Gasteiger charge is 2.33. The molecule has 0 aliphatic carbocycles. The molecule has 0 amide bonds. The van der Waals surface area contributed by atoms with Crippen molar-refractivity contribution in [2.75, 3.05) is 6.61 Å². The third-order valence-corrected chi connectivity index (χ3v) is 6.80. The number of ether oxygens (including phenoxy) is 1. The van der Waals surface area contributed by atoms with Gasteiger partial charge in [-0.25, -0.2) is 9.79 Å². The molecule has 1 aliphatic rings. The Hall–Kier alpha value is -2.97. The second-order valence-corrected chi connectivity index (χ2v) is 9.29. The Bertz CT molecular complexity index is 1420. The van der Waals surface area contributed by atoms with Crippen molar-refractivity contribution >= 4 is 39.3 Å². The van der Waals surface area contributed by atoms with Crippen LogP contribution in [0.15, 0.2) is 68.0 Å². The van der Waals surface area contributed by atoms with Gasteiger partial charge in [-0.05, 0) is 66.0 Å². The highest BCUT2D eigenvalue weighted by atomic mass is 79.9. The van der Waals surface area contributed by atoms with E-state index in [0.717, 1.165) is 16.7 Å². The number of thiazole rings is 1. The molecule has 0 bridgehead atoms. The van der Waals surface area contributed by atoms with Crippen LogP contribution in [-0.4, -0.2) is 22.2 Å². The molecule has 0 saturated carbocycles. The number of aryl methyl sites for hydroxylation is 1. The standard InChI is InChI=1S/C24H21BrN2O4S/c1-4-31-23(30)20-14(3)26-24-27(21(20)16-8-5-13(2)6-9-16)22(29)19(32-24)12-15-7-10-18(28)17(25)11-15/h5-12,21,28H,4H2,1-3H3/b19-12-/t21-/m0/s1. The number of phenolic OH excluding ortho intramolecular Hbond substituents is 1. The molecule has 1 atom stereocenters. The number of esters is 1. The Labute approximate surface area is 197 Å². The van der Waals surface area contributed by atoms with Crippen molar-refractivity contribution in [1.82, 2.24) is 4.57 Å². The van der Waals surface area contributed by atoms with E-state index in [0.29, 0.717) is 25.1 Å². The first-order chi connectivity index (χ1) is 15.3. The zero-order valence-electron chi connectivity index (χ0n) is 17.8. The molecule has 6 nitrogen and oxygen atoms in total. The van der Waals surface area contributed by atoms with E-state index < -0.39 is 12.0 Å². The third-order valence-electron chi connectivity index (χ3n) is 5.18. The van der Waals surface area contributed by atoms with E-state index in [9.17, 15) is 14.7 Å². The van der Waals surface area contributed by atoms with Crippen LogP contribution in [0.1, 0.15) is 36.6 Å². The van der Waals surface area contributed by atoms with Gasteiger partial charge in [0, 0.05) is 0 Å². The molecule has 0 unspecified atom stereocenters. The lowest BCUT2D eigenvalue weighted by molar-refractivity contribution is -0.139. The van der Waals surface area contributed by atoms with E-state index in [2.05, 4.69) is 20.9 Å². The summed E-state index contributed by atoms with van der Waals surface area (Å²) in [7, 11) is 0. The highest BCUT2D eigenvalue weighted by molar-refractivity contribution is 9.10. The first-order valence-electron chi connectivity index (χ1n) is 10.0. The van der Waals surface area contributed by atoms with E-state index in [4.69, 9.17) is 4.74 Å². The topological polar surface area (TPSA) is 80.9 Å². The monoisotopic (exact) mass is 512 g/mol. The third kappa shape index (κ3) is 4.08. The van der Waals surface area contributed by atoms with E-state index in [1.54, 1.807) is 42.7 Å². The number of carbonyl (C=O) groups is 1. The minimum Gasteiger partial charge on any atom is -0.507 e. The maximum Gasteiger partial charge on any atom is 0.338 e. The van der Waals surface area contributed by atoms with Gasteiger partial charge in [0.15, 0.2) is 4.80 Å². The second-order valence-electron chi connectivity index (χ2n) is 7.42. The molecule has 0 saturated heterocycles. The number of allylic oxidation sites excluding steroid dienone is 1. The quantitative estimate of drug-likeness (QED) is 0.541. The predicted octanol–water partition coefficient (Wildman–Crippen LogP) is 3.57. The average Bonchev–Trinajstić information content (AvgIpc) is 3.05. The number of phenols is 1. The van der Waals surface area contributed by atoms with Crippen molar-refractivity contribution in [2.45, 2.75) is 26.8 Å². The fourth-order valence-corrected chi connectivity index (χ4v) is 5.06. The van der Waals surface area contributed by atoms with Gasteiger partial charge in [-0.2, -0.15) is 0 Å². The van der Waals surface area contributed by atoms with Crippen LogP contribution in [0.3, 0.4) is 0 Å². The van der Waals surface area contributed by atoms with Crippen molar-refractivity contribution < 1.29 is 14.6 Å². The molecular weight excluding hydrogens is 492 g/mol. The minimum absolute atomic E-state index is 0.123. The van der Waals surface area contributed by atoms with Gasteiger partial charge >= 0.3 is 5.97 Å². The van der Waals surface area contributed by atoms with Gasteiger partial charge in [0.25, 0.3) is 5.56 Å². The fraction of sp³-hybridized carbons (Fsp3) is 0.208. The Morgan fingerprint density at radius 1 is 1.25 bits per heavy atom. The SMILES string of the molecule is CCOC(=O)C1=C(C)N=c2s/c(=C\c3ccc(O)c(Br)c3)c(=O)n2[C@H]1c1ccc(C)cc1.